The lowest BCUT2D eigenvalue weighted by Crippen LogP contribution is -2.39. The summed E-state index contributed by atoms with van der Waals surface area (Å²) in [6, 6.07) is 8.21. The Bertz CT molecular complexity index is 994. The molecular weight excluding hydrogens is 323 g/mol. The molecule has 3 heterocycles. The van der Waals surface area contributed by atoms with Crippen LogP contribution < -0.4 is 5.69 Å². The molecule has 0 spiro atoms. The van der Waals surface area contributed by atoms with Crippen molar-refractivity contribution in [1.29, 1.82) is 0 Å². The number of likely N-dealkylation sites (tertiary alicyclic amines) is 1. The number of benzene rings is 1. The minimum atomic E-state index is -0.382. The van der Waals surface area contributed by atoms with E-state index in [0.717, 1.165) is 18.5 Å². The van der Waals surface area contributed by atoms with Crippen molar-refractivity contribution in [2.75, 3.05) is 13.1 Å². The fraction of sp³-hybridized carbons (Fsp3) is 0.278. The molecule has 0 saturated carbocycles. The standard InChI is InChI=1S/C18H17FN4O2/c19-13-5-1-3-11-9-15(21-16(11)13)17(24)23-8-2-4-12(10-23)14-6-7-20-18(25)22-14/h1,3,5-7,9,12,21H,2,4,8,10H2,(H,20,22,25)/t12-/m1/s1. The highest BCUT2D eigenvalue weighted by Gasteiger charge is 2.27. The molecule has 128 valence electrons. The summed E-state index contributed by atoms with van der Waals surface area (Å²) in [5, 5.41) is 0.676. The van der Waals surface area contributed by atoms with Crippen molar-refractivity contribution >= 4 is 16.8 Å². The number of para-hydroxylation sites is 1. The van der Waals surface area contributed by atoms with E-state index in [0.29, 0.717) is 29.7 Å². The van der Waals surface area contributed by atoms with E-state index < -0.39 is 0 Å². The lowest BCUT2D eigenvalue weighted by molar-refractivity contribution is 0.0701. The molecule has 0 aliphatic carbocycles. The minimum Gasteiger partial charge on any atom is -0.348 e. The van der Waals surface area contributed by atoms with E-state index in [1.54, 1.807) is 29.2 Å². The van der Waals surface area contributed by atoms with Crippen molar-refractivity contribution in [2.45, 2.75) is 18.8 Å². The number of carbonyl (C=O) groups is 1. The minimum absolute atomic E-state index is 0.0644. The van der Waals surface area contributed by atoms with Crippen molar-refractivity contribution < 1.29 is 9.18 Å². The molecule has 1 fully saturated rings. The van der Waals surface area contributed by atoms with Crippen molar-refractivity contribution in [3.63, 3.8) is 0 Å². The van der Waals surface area contributed by atoms with Gasteiger partial charge in [-0.05, 0) is 31.0 Å². The molecule has 2 aromatic heterocycles. The van der Waals surface area contributed by atoms with E-state index in [4.69, 9.17) is 0 Å². The number of aromatic amines is 2. The van der Waals surface area contributed by atoms with Crippen LogP contribution in [-0.2, 0) is 0 Å². The van der Waals surface area contributed by atoms with Crippen molar-refractivity contribution in [2.24, 2.45) is 0 Å². The second kappa shape index (κ2) is 6.16. The molecule has 3 aromatic rings. The van der Waals surface area contributed by atoms with Crippen LogP contribution >= 0.6 is 0 Å². The number of hydrogen-bond acceptors (Lipinski definition) is 3. The molecule has 25 heavy (non-hydrogen) atoms. The molecule has 0 unspecified atom stereocenters. The number of nitrogens with zero attached hydrogens (tertiary/aromatic N) is 2. The van der Waals surface area contributed by atoms with E-state index in [1.165, 1.54) is 12.3 Å². The first-order chi connectivity index (χ1) is 12.1. The average molecular weight is 340 g/mol. The molecule has 1 aliphatic rings. The summed E-state index contributed by atoms with van der Waals surface area (Å²) in [4.78, 5) is 35.2. The van der Waals surface area contributed by atoms with Gasteiger partial charge in [-0.15, -0.1) is 0 Å². The highest BCUT2D eigenvalue weighted by atomic mass is 19.1. The summed E-state index contributed by atoms with van der Waals surface area (Å²) in [7, 11) is 0. The summed E-state index contributed by atoms with van der Waals surface area (Å²) >= 11 is 0. The molecule has 1 aliphatic heterocycles. The molecule has 2 N–H and O–H groups in total. The van der Waals surface area contributed by atoms with Gasteiger partial charge in [-0.25, -0.2) is 14.2 Å². The van der Waals surface area contributed by atoms with Crippen LogP contribution in [-0.4, -0.2) is 38.8 Å². The number of piperidine rings is 1. The first-order valence-corrected chi connectivity index (χ1v) is 8.23. The summed E-state index contributed by atoms with van der Waals surface area (Å²) < 4.78 is 13.8. The zero-order valence-corrected chi connectivity index (χ0v) is 13.5. The molecular formula is C18H17FN4O2. The van der Waals surface area contributed by atoms with Gasteiger partial charge in [0.05, 0.1) is 5.52 Å². The fourth-order valence-corrected chi connectivity index (χ4v) is 3.44. The predicted octanol–water partition coefficient (Wildman–Crippen LogP) is 2.41. The van der Waals surface area contributed by atoms with Crippen LogP contribution in [0.1, 0.15) is 34.9 Å². The highest BCUT2D eigenvalue weighted by Crippen LogP contribution is 2.26. The monoisotopic (exact) mass is 340 g/mol. The lowest BCUT2D eigenvalue weighted by atomic mass is 9.94. The Hall–Kier alpha value is -2.96. The van der Waals surface area contributed by atoms with Crippen molar-refractivity contribution in [3.8, 4) is 0 Å². The van der Waals surface area contributed by atoms with Crippen molar-refractivity contribution in [1.82, 2.24) is 19.9 Å². The van der Waals surface area contributed by atoms with Crippen LogP contribution in [0.2, 0.25) is 0 Å². The van der Waals surface area contributed by atoms with Gasteiger partial charge in [0.25, 0.3) is 5.91 Å². The van der Waals surface area contributed by atoms with Crippen molar-refractivity contribution in [3.05, 3.63) is 64.2 Å². The molecule has 1 atom stereocenters. The van der Waals surface area contributed by atoms with Crippen LogP contribution in [0.4, 0.5) is 4.39 Å². The number of fused-ring (bicyclic) bond motifs is 1. The highest BCUT2D eigenvalue weighted by molar-refractivity contribution is 5.98. The number of halogens is 1. The molecule has 1 aromatic carbocycles. The Morgan fingerprint density at radius 1 is 1.28 bits per heavy atom. The Morgan fingerprint density at radius 3 is 2.96 bits per heavy atom. The third-order valence-corrected chi connectivity index (χ3v) is 4.68. The van der Waals surface area contributed by atoms with E-state index in [2.05, 4.69) is 15.0 Å². The second-order valence-corrected chi connectivity index (χ2v) is 6.31. The van der Waals surface area contributed by atoms with Gasteiger partial charge in [0.2, 0.25) is 0 Å². The maximum atomic E-state index is 13.8. The number of carbonyl (C=O) groups excluding carboxylic acids is 1. The van der Waals surface area contributed by atoms with Crippen LogP contribution in [0, 0.1) is 5.82 Å². The number of rotatable bonds is 2. The molecule has 6 nitrogen and oxygen atoms in total. The summed E-state index contributed by atoms with van der Waals surface area (Å²) in [5.41, 5.74) is 1.13. The SMILES string of the molecule is O=C(c1cc2cccc(F)c2[nH]1)N1CCC[C@@H](c2ccnc(=O)[nH]2)C1. The third kappa shape index (κ3) is 2.93. The Morgan fingerprint density at radius 2 is 2.16 bits per heavy atom. The average Bonchev–Trinajstić information content (AvgIpc) is 3.07. The second-order valence-electron chi connectivity index (χ2n) is 6.31. The van der Waals surface area contributed by atoms with Gasteiger partial charge in [0.15, 0.2) is 0 Å². The smallest absolute Gasteiger partial charge is 0.345 e. The zero-order chi connectivity index (χ0) is 17.4. The lowest BCUT2D eigenvalue weighted by Gasteiger charge is -2.32. The normalized spacial score (nSPS) is 17.8. The first kappa shape index (κ1) is 15.6. The predicted molar refractivity (Wildman–Crippen MR) is 91.0 cm³/mol. The summed E-state index contributed by atoms with van der Waals surface area (Å²) in [6.07, 6.45) is 3.22. The topological polar surface area (TPSA) is 81.8 Å². The molecule has 1 amide bonds. The van der Waals surface area contributed by atoms with Crippen LogP contribution in [0.25, 0.3) is 10.9 Å². The molecule has 4 rings (SSSR count). The van der Waals surface area contributed by atoms with Gasteiger partial charge in [0, 0.05) is 36.3 Å². The third-order valence-electron chi connectivity index (χ3n) is 4.68. The zero-order valence-electron chi connectivity index (χ0n) is 13.5. The fourth-order valence-electron chi connectivity index (χ4n) is 3.44. The van der Waals surface area contributed by atoms with Crippen LogP contribution in [0.15, 0.2) is 41.3 Å². The number of nitrogens with one attached hydrogen (secondary N) is 2. The Labute approximate surface area is 142 Å². The summed E-state index contributed by atoms with van der Waals surface area (Å²) in [6.45, 7) is 1.15. The largest absolute Gasteiger partial charge is 0.348 e. The quantitative estimate of drug-likeness (QED) is 0.752. The van der Waals surface area contributed by atoms with Crippen LogP contribution in [0.3, 0.4) is 0 Å². The van der Waals surface area contributed by atoms with Gasteiger partial charge < -0.3 is 14.9 Å². The van der Waals surface area contributed by atoms with E-state index in [1.807, 2.05) is 0 Å². The molecule has 0 radical (unpaired) electrons. The number of aromatic nitrogens is 3. The van der Waals surface area contributed by atoms with Crippen LogP contribution in [0.5, 0.6) is 0 Å². The molecule has 1 saturated heterocycles. The number of amides is 1. The molecule has 7 heteroatoms. The van der Waals surface area contributed by atoms with Gasteiger partial charge in [-0.3, -0.25) is 4.79 Å². The van der Waals surface area contributed by atoms with E-state index in [9.17, 15) is 14.0 Å². The van der Waals surface area contributed by atoms with Gasteiger partial charge in [-0.1, -0.05) is 12.1 Å². The van der Waals surface area contributed by atoms with E-state index in [-0.39, 0.29) is 23.3 Å². The maximum absolute atomic E-state index is 13.8. The summed E-state index contributed by atoms with van der Waals surface area (Å²) in [5.74, 6) is -0.464. The number of hydrogen-bond donors (Lipinski definition) is 2. The van der Waals surface area contributed by atoms with Gasteiger partial charge >= 0.3 is 5.69 Å². The first-order valence-electron chi connectivity index (χ1n) is 8.23. The Balaban J connectivity index is 1.58. The Kier molecular flexibility index (Phi) is 3.83. The van der Waals surface area contributed by atoms with E-state index >= 15 is 0 Å². The maximum Gasteiger partial charge on any atom is 0.345 e. The van der Waals surface area contributed by atoms with Gasteiger partial charge in [0.1, 0.15) is 11.5 Å². The number of H-pyrrole nitrogens is 2. The van der Waals surface area contributed by atoms with Gasteiger partial charge in [-0.2, -0.15) is 0 Å². The molecule has 0 bridgehead atoms.